The lowest BCUT2D eigenvalue weighted by molar-refractivity contribution is -0.114. The van der Waals surface area contributed by atoms with E-state index < -0.39 is 0 Å². The third-order valence-electron chi connectivity index (χ3n) is 6.56. The van der Waals surface area contributed by atoms with E-state index in [0.29, 0.717) is 11.8 Å². The topological polar surface area (TPSA) is 45.6 Å². The standard InChI is InChI=1S/C24H27N3O2/c28-23(26-13-4-7-19-6-1-2-8-21(19)26)11-5-12-25-15-18-14-20(17-25)22-9-3-10-24(29)27(22)16-18/h1-3,5-6,8-11,18,20H,4,7,12-17H2/b11-5+/t18-,20+/m1/s1. The number of hydrogen-bond acceptors (Lipinski definition) is 3. The summed E-state index contributed by atoms with van der Waals surface area (Å²) < 4.78 is 1.96. The quantitative estimate of drug-likeness (QED) is 0.759. The summed E-state index contributed by atoms with van der Waals surface area (Å²) in [5.41, 5.74) is 3.61. The highest BCUT2D eigenvalue weighted by molar-refractivity contribution is 6.02. The number of pyridine rings is 1. The largest absolute Gasteiger partial charge is 0.312 e. The zero-order chi connectivity index (χ0) is 19.8. The fraction of sp³-hybridized carbons (Fsp3) is 0.417. The third kappa shape index (κ3) is 3.55. The molecule has 5 nitrogen and oxygen atoms in total. The molecule has 4 heterocycles. The fourth-order valence-corrected chi connectivity index (χ4v) is 5.30. The van der Waals surface area contributed by atoms with Crippen LogP contribution in [-0.4, -0.2) is 41.6 Å². The van der Waals surface area contributed by atoms with Crippen molar-refractivity contribution in [2.24, 2.45) is 5.92 Å². The molecule has 5 heteroatoms. The number of carbonyl (C=O) groups is 1. The van der Waals surface area contributed by atoms with Crippen LogP contribution < -0.4 is 10.5 Å². The molecule has 3 aliphatic rings. The van der Waals surface area contributed by atoms with E-state index in [0.717, 1.165) is 57.7 Å². The molecule has 5 rings (SSSR count). The summed E-state index contributed by atoms with van der Waals surface area (Å²) in [6.45, 7) is 4.33. The van der Waals surface area contributed by atoms with Gasteiger partial charge in [-0.15, -0.1) is 0 Å². The third-order valence-corrected chi connectivity index (χ3v) is 6.56. The second-order valence-corrected chi connectivity index (χ2v) is 8.54. The molecule has 3 aliphatic heterocycles. The van der Waals surface area contributed by atoms with Gasteiger partial charge in [-0.25, -0.2) is 0 Å². The highest BCUT2D eigenvalue weighted by Gasteiger charge is 2.34. The van der Waals surface area contributed by atoms with Crippen molar-refractivity contribution in [2.45, 2.75) is 31.7 Å². The molecule has 29 heavy (non-hydrogen) atoms. The number of aromatic nitrogens is 1. The molecule has 0 spiro atoms. The summed E-state index contributed by atoms with van der Waals surface area (Å²) in [5.74, 6) is 1.00. The Balaban J connectivity index is 1.24. The molecule has 150 valence electrons. The number of nitrogens with zero attached hydrogens (tertiary/aromatic N) is 3. The number of piperidine rings is 1. The van der Waals surface area contributed by atoms with Gasteiger partial charge in [0.05, 0.1) is 0 Å². The number of carbonyl (C=O) groups excluding carboxylic acids is 1. The van der Waals surface area contributed by atoms with E-state index in [9.17, 15) is 9.59 Å². The van der Waals surface area contributed by atoms with E-state index in [2.05, 4.69) is 17.0 Å². The van der Waals surface area contributed by atoms with Gasteiger partial charge < -0.3 is 9.47 Å². The van der Waals surface area contributed by atoms with Gasteiger partial charge in [0.1, 0.15) is 0 Å². The maximum absolute atomic E-state index is 12.8. The first-order chi connectivity index (χ1) is 14.2. The van der Waals surface area contributed by atoms with Crippen LogP contribution in [0.5, 0.6) is 0 Å². The molecule has 1 aromatic carbocycles. The van der Waals surface area contributed by atoms with Crippen LogP contribution in [0.3, 0.4) is 0 Å². The predicted octanol–water partition coefficient (Wildman–Crippen LogP) is 2.80. The minimum absolute atomic E-state index is 0.0752. The molecule has 2 atom stereocenters. The Morgan fingerprint density at radius 1 is 1.07 bits per heavy atom. The van der Waals surface area contributed by atoms with Crippen molar-refractivity contribution in [3.8, 4) is 0 Å². The van der Waals surface area contributed by atoms with Crippen LogP contribution in [0.4, 0.5) is 5.69 Å². The predicted molar refractivity (Wildman–Crippen MR) is 114 cm³/mol. The molecule has 2 bridgehead atoms. The van der Waals surface area contributed by atoms with Gasteiger partial charge in [0.15, 0.2) is 0 Å². The lowest BCUT2D eigenvalue weighted by Crippen LogP contribution is -2.47. The normalized spacial score (nSPS) is 23.7. The summed E-state index contributed by atoms with van der Waals surface area (Å²) >= 11 is 0. The Kier molecular flexibility index (Phi) is 4.84. The highest BCUT2D eigenvalue weighted by Crippen LogP contribution is 2.34. The molecule has 1 saturated heterocycles. The number of benzene rings is 1. The number of rotatable bonds is 3. The fourth-order valence-electron chi connectivity index (χ4n) is 5.30. The van der Waals surface area contributed by atoms with Crippen molar-refractivity contribution >= 4 is 11.6 Å². The second kappa shape index (κ2) is 7.64. The molecule has 1 fully saturated rings. The van der Waals surface area contributed by atoms with Gasteiger partial charge in [0, 0.05) is 62.2 Å². The van der Waals surface area contributed by atoms with Crippen LogP contribution >= 0.6 is 0 Å². The molecule has 0 N–H and O–H groups in total. The van der Waals surface area contributed by atoms with Gasteiger partial charge in [0.2, 0.25) is 0 Å². The van der Waals surface area contributed by atoms with Crippen molar-refractivity contribution in [1.29, 1.82) is 0 Å². The molecule has 0 unspecified atom stereocenters. The lowest BCUT2D eigenvalue weighted by Gasteiger charge is -2.42. The Bertz CT molecular complexity index is 1010. The molecule has 2 aromatic rings. The summed E-state index contributed by atoms with van der Waals surface area (Å²) in [5, 5.41) is 0. The van der Waals surface area contributed by atoms with Crippen molar-refractivity contribution < 1.29 is 4.79 Å². The lowest BCUT2D eigenvalue weighted by atomic mass is 9.83. The van der Waals surface area contributed by atoms with Crippen LogP contribution in [0, 0.1) is 5.92 Å². The van der Waals surface area contributed by atoms with Crippen LogP contribution in [0.2, 0.25) is 0 Å². The van der Waals surface area contributed by atoms with Gasteiger partial charge in [-0.2, -0.15) is 0 Å². The minimum Gasteiger partial charge on any atom is -0.312 e. The number of aryl methyl sites for hydroxylation is 1. The van der Waals surface area contributed by atoms with Crippen molar-refractivity contribution in [1.82, 2.24) is 9.47 Å². The first kappa shape index (κ1) is 18.4. The van der Waals surface area contributed by atoms with Crippen LogP contribution in [0.1, 0.15) is 30.0 Å². The van der Waals surface area contributed by atoms with E-state index in [-0.39, 0.29) is 11.5 Å². The maximum Gasteiger partial charge on any atom is 0.250 e. The number of hydrogen-bond donors (Lipinski definition) is 0. The molecule has 0 radical (unpaired) electrons. The highest BCUT2D eigenvalue weighted by atomic mass is 16.2. The molecule has 0 saturated carbocycles. The monoisotopic (exact) mass is 389 g/mol. The first-order valence-corrected chi connectivity index (χ1v) is 10.7. The van der Waals surface area contributed by atoms with Gasteiger partial charge in [0.25, 0.3) is 11.5 Å². The zero-order valence-corrected chi connectivity index (χ0v) is 16.7. The number of para-hydroxylation sites is 1. The summed E-state index contributed by atoms with van der Waals surface area (Å²) in [4.78, 5) is 29.3. The smallest absolute Gasteiger partial charge is 0.250 e. The Morgan fingerprint density at radius 3 is 2.90 bits per heavy atom. The Labute approximate surface area is 171 Å². The van der Waals surface area contributed by atoms with Crippen molar-refractivity contribution in [2.75, 3.05) is 31.1 Å². The number of fused-ring (bicyclic) bond motifs is 5. The van der Waals surface area contributed by atoms with Crippen LogP contribution in [0.25, 0.3) is 0 Å². The van der Waals surface area contributed by atoms with Gasteiger partial charge in [-0.3, -0.25) is 14.5 Å². The molecule has 0 aliphatic carbocycles. The SMILES string of the molecule is O=C(/C=C/CN1C[C@H]2C[C@@H](C1)c1cccc(=O)n1C2)N1CCCc2ccccc21. The molecular formula is C24H27N3O2. The van der Waals surface area contributed by atoms with Gasteiger partial charge in [-0.05, 0) is 42.9 Å². The summed E-state index contributed by atoms with van der Waals surface area (Å²) in [6, 6.07) is 13.8. The second-order valence-electron chi connectivity index (χ2n) is 8.54. The molecular weight excluding hydrogens is 362 g/mol. The van der Waals surface area contributed by atoms with Crippen LogP contribution in [-0.2, 0) is 17.8 Å². The summed E-state index contributed by atoms with van der Waals surface area (Å²) in [6.07, 6.45) is 6.98. The maximum atomic E-state index is 12.8. The van der Waals surface area contributed by atoms with E-state index in [1.165, 1.54) is 11.3 Å². The molecule has 1 aromatic heterocycles. The van der Waals surface area contributed by atoms with E-state index in [1.54, 1.807) is 12.1 Å². The minimum atomic E-state index is 0.0752. The van der Waals surface area contributed by atoms with Crippen molar-refractivity contribution in [3.63, 3.8) is 0 Å². The summed E-state index contributed by atoms with van der Waals surface area (Å²) in [7, 11) is 0. The van der Waals surface area contributed by atoms with Crippen molar-refractivity contribution in [3.05, 3.63) is 76.2 Å². The average Bonchev–Trinajstić information content (AvgIpc) is 2.74. The van der Waals surface area contributed by atoms with Gasteiger partial charge in [-0.1, -0.05) is 30.3 Å². The Morgan fingerprint density at radius 2 is 1.97 bits per heavy atom. The van der Waals surface area contributed by atoms with E-state index >= 15 is 0 Å². The zero-order valence-electron chi connectivity index (χ0n) is 16.7. The first-order valence-electron chi connectivity index (χ1n) is 10.7. The van der Waals surface area contributed by atoms with E-state index in [4.69, 9.17) is 0 Å². The number of likely N-dealkylation sites (tertiary alicyclic amines) is 1. The number of amides is 1. The van der Waals surface area contributed by atoms with Crippen LogP contribution in [0.15, 0.2) is 59.4 Å². The van der Waals surface area contributed by atoms with E-state index in [1.807, 2.05) is 39.8 Å². The Hall–Kier alpha value is -2.66. The van der Waals surface area contributed by atoms with Gasteiger partial charge >= 0.3 is 0 Å². The number of anilines is 1. The molecule has 1 amide bonds. The average molecular weight is 389 g/mol.